The Bertz CT molecular complexity index is 932. The number of benzene rings is 1. The first kappa shape index (κ1) is 17.3. The molecule has 1 fully saturated rings. The van der Waals surface area contributed by atoms with Gasteiger partial charge in [-0.2, -0.15) is 0 Å². The summed E-state index contributed by atoms with van der Waals surface area (Å²) in [5.41, 5.74) is 3.60. The van der Waals surface area contributed by atoms with Gasteiger partial charge in [-0.05, 0) is 48.9 Å². The van der Waals surface area contributed by atoms with Crippen LogP contribution >= 0.6 is 11.6 Å². The number of rotatable bonds is 6. The Morgan fingerprint density at radius 2 is 2.12 bits per heavy atom. The Labute approximate surface area is 159 Å². The number of aromatic amines is 1. The average Bonchev–Trinajstić information content (AvgIpc) is 3.38. The van der Waals surface area contributed by atoms with Crippen LogP contribution < -0.4 is 4.74 Å². The van der Waals surface area contributed by atoms with E-state index >= 15 is 0 Å². The number of methoxy groups -OCH3 is 1. The van der Waals surface area contributed by atoms with Crippen molar-refractivity contribution in [1.82, 2.24) is 15.0 Å². The number of imidazole rings is 1. The minimum atomic E-state index is 0.492. The molecule has 0 amide bonds. The molecule has 2 aromatic heterocycles. The summed E-state index contributed by atoms with van der Waals surface area (Å²) in [5.74, 6) is 3.69. The summed E-state index contributed by atoms with van der Waals surface area (Å²) in [6.45, 7) is 4.59. The van der Waals surface area contributed by atoms with Crippen molar-refractivity contribution in [3.05, 3.63) is 41.3 Å². The quantitative estimate of drug-likeness (QED) is 0.595. The van der Waals surface area contributed by atoms with E-state index in [1.807, 2.05) is 30.5 Å². The van der Waals surface area contributed by atoms with Crippen molar-refractivity contribution in [3.63, 3.8) is 0 Å². The molecule has 3 aromatic rings. The fourth-order valence-corrected chi connectivity index (χ4v) is 4.05. The Morgan fingerprint density at radius 1 is 1.31 bits per heavy atom. The van der Waals surface area contributed by atoms with Gasteiger partial charge in [0.15, 0.2) is 0 Å². The molecule has 26 heavy (non-hydrogen) atoms. The normalized spacial score (nSPS) is 16.6. The maximum absolute atomic E-state index is 6.49. The number of pyridine rings is 1. The Kier molecular flexibility index (Phi) is 4.62. The van der Waals surface area contributed by atoms with Gasteiger partial charge in [-0.3, -0.25) is 4.98 Å². The van der Waals surface area contributed by atoms with E-state index in [1.165, 1.54) is 12.8 Å². The van der Waals surface area contributed by atoms with Gasteiger partial charge in [0.1, 0.15) is 17.1 Å². The van der Waals surface area contributed by atoms with Gasteiger partial charge in [0, 0.05) is 17.7 Å². The van der Waals surface area contributed by atoms with Crippen LogP contribution in [0.25, 0.3) is 22.3 Å². The summed E-state index contributed by atoms with van der Waals surface area (Å²) in [5, 5.41) is 0.620. The van der Waals surface area contributed by atoms with Crippen molar-refractivity contribution in [2.75, 3.05) is 7.11 Å². The van der Waals surface area contributed by atoms with Gasteiger partial charge in [0.25, 0.3) is 0 Å². The minimum absolute atomic E-state index is 0.492. The van der Waals surface area contributed by atoms with Gasteiger partial charge < -0.3 is 9.72 Å². The molecule has 5 heteroatoms. The van der Waals surface area contributed by atoms with Crippen LogP contribution in [0.4, 0.5) is 0 Å². The largest absolute Gasteiger partial charge is 0.497 e. The van der Waals surface area contributed by atoms with E-state index in [9.17, 15) is 0 Å². The third kappa shape index (κ3) is 3.07. The molecule has 0 aliphatic heterocycles. The molecule has 1 aliphatic carbocycles. The molecule has 1 N–H and O–H groups in total. The van der Waals surface area contributed by atoms with Crippen LogP contribution in [0, 0.1) is 11.8 Å². The molecule has 0 saturated heterocycles. The van der Waals surface area contributed by atoms with Crippen LogP contribution in [0.1, 0.15) is 44.9 Å². The summed E-state index contributed by atoms with van der Waals surface area (Å²) in [6.07, 6.45) is 5.59. The van der Waals surface area contributed by atoms with Crippen LogP contribution in [-0.4, -0.2) is 22.1 Å². The number of nitrogens with zero attached hydrogens (tertiary/aromatic N) is 2. The fourth-order valence-electron chi connectivity index (χ4n) is 3.79. The lowest BCUT2D eigenvalue weighted by molar-refractivity contribution is 0.393. The predicted molar refractivity (Wildman–Crippen MR) is 106 cm³/mol. The van der Waals surface area contributed by atoms with Gasteiger partial charge in [-0.1, -0.05) is 31.9 Å². The molecule has 0 bridgehead atoms. The number of H-pyrrole nitrogens is 1. The minimum Gasteiger partial charge on any atom is -0.497 e. The van der Waals surface area contributed by atoms with Crippen LogP contribution in [0.3, 0.4) is 0 Å². The van der Waals surface area contributed by atoms with Gasteiger partial charge in [0.2, 0.25) is 0 Å². The average molecular weight is 370 g/mol. The monoisotopic (exact) mass is 369 g/mol. The van der Waals surface area contributed by atoms with Crippen molar-refractivity contribution in [3.8, 4) is 17.0 Å². The highest BCUT2D eigenvalue weighted by Gasteiger charge is 2.37. The van der Waals surface area contributed by atoms with E-state index in [4.69, 9.17) is 21.3 Å². The Morgan fingerprint density at radius 3 is 2.77 bits per heavy atom. The lowest BCUT2D eigenvalue weighted by Gasteiger charge is -2.20. The molecule has 1 aromatic carbocycles. The van der Waals surface area contributed by atoms with Gasteiger partial charge >= 0.3 is 0 Å². The molecular formula is C21H24ClN3O. The summed E-state index contributed by atoms with van der Waals surface area (Å²) in [4.78, 5) is 13.1. The summed E-state index contributed by atoms with van der Waals surface area (Å²) in [7, 11) is 1.64. The molecule has 1 saturated carbocycles. The number of fused-ring (bicyclic) bond motifs is 1. The second-order valence-corrected chi connectivity index (χ2v) is 7.68. The fraction of sp³-hybridized carbons (Fsp3) is 0.429. The summed E-state index contributed by atoms with van der Waals surface area (Å²) < 4.78 is 5.25. The van der Waals surface area contributed by atoms with E-state index < -0.39 is 0 Å². The zero-order chi connectivity index (χ0) is 18.3. The molecule has 1 aliphatic rings. The molecule has 0 radical (unpaired) electrons. The highest BCUT2D eigenvalue weighted by molar-refractivity contribution is 6.33. The highest BCUT2D eigenvalue weighted by atomic mass is 35.5. The lowest BCUT2D eigenvalue weighted by Crippen LogP contribution is -2.13. The van der Waals surface area contributed by atoms with Crippen molar-refractivity contribution in [2.24, 2.45) is 11.8 Å². The molecule has 2 heterocycles. The first-order chi connectivity index (χ1) is 12.6. The molecule has 0 spiro atoms. The number of aromatic nitrogens is 3. The lowest BCUT2D eigenvalue weighted by atomic mass is 9.87. The maximum Gasteiger partial charge on any atom is 0.120 e. The van der Waals surface area contributed by atoms with Crippen molar-refractivity contribution in [1.29, 1.82) is 0 Å². The van der Waals surface area contributed by atoms with E-state index in [2.05, 4.69) is 23.8 Å². The number of hydrogen-bond acceptors (Lipinski definition) is 3. The standard InChI is InChI=1S/C21H24ClN3O/c1-4-12(2)18(13-5-6-13)21-24-17-9-10-23-19(20(17)25-21)15-8-7-14(26-3)11-16(15)22/h7-13,18H,4-6H2,1-3H3,(H,24,25). The second-order valence-electron chi connectivity index (χ2n) is 7.27. The Balaban J connectivity index is 1.81. The molecule has 2 unspecified atom stereocenters. The van der Waals surface area contributed by atoms with Crippen LogP contribution in [0.15, 0.2) is 30.5 Å². The van der Waals surface area contributed by atoms with Crippen molar-refractivity contribution >= 4 is 22.6 Å². The van der Waals surface area contributed by atoms with Gasteiger partial charge in [-0.15, -0.1) is 0 Å². The first-order valence-electron chi connectivity index (χ1n) is 9.30. The van der Waals surface area contributed by atoms with Crippen molar-refractivity contribution < 1.29 is 4.74 Å². The number of hydrogen-bond donors (Lipinski definition) is 1. The second kappa shape index (κ2) is 6.92. The van der Waals surface area contributed by atoms with Crippen LogP contribution in [-0.2, 0) is 0 Å². The topological polar surface area (TPSA) is 50.8 Å². The number of ether oxygens (including phenoxy) is 1. The van der Waals surface area contributed by atoms with E-state index in [1.54, 1.807) is 7.11 Å². The summed E-state index contributed by atoms with van der Waals surface area (Å²) in [6, 6.07) is 7.66. The van der Waals surface area contributed by atoms with Crippen molar-refractivity contribution in [2.45, 2.75) is 39.0 Å². The zero-order valence-corrected chi connectivity index (χ0v) is 16.2. The third-order valence-corrected chi connectivity index (χ3v) is 5.87. The maximum atomic E-state index is 6.49. The zero-order valence-electron chi connectivity index (χ0n) is 15.4. The van der Waals surface area contributed by atoms with E-state index in [0.29, 0.717) is 16.9 Å². The Hall–Kier alpha value is -2.07. The van der Waals surface area contributed by atoms with E-state index in [-0.39, 0.29) is 0 Å². The van der Waals surface area contributed by atoms with Gasteiger partial charge in [-0.25, -0.2) is 4.98 Å². The molecular weight excluding hydrogens is 346 g/mol. The number of nitrogens with one attached hydrogen (secondary N) is 1. The summed E-state index contributed by atoms with van der Waals surface area (Å²) >= 11 is 6.49. The van der Waals surface area contributed by atoms with Crippen LogP contribution in [0.2, 0.25) is 5.02 Å². The number of halogens is 1. The predicted octanol–water partition coefficient (Wildman–Crippen LogP) is 5.83. The molecule has 4 nitrogen and oxygen atoms in total. The van der Waals surface area contributed by atoms with Crippen LogP contribution in [0.5, 0.6) is 5.75 Å². The highest BCUT2D eigenvalue weighted by Crippen LogP contribution is 2.47. The molecule has 2 atom stereocenters. The SMILES string of the molecule is CCC(C)C(c1nc2c(-c3ccc(OC)cc3Cl)nccc2[nH]1)C1CC1. The molecule has 4 rings (SSSR count). The first-order valence-corrected chi connectivity index (χ1v) is 9.68. The van der Waals surface area contributed by atoms with E-state index in [0.717, 1.165) is 46.2 Å². The third-order valence-electron chi connectivity index (χ3n) is 5.55. The molecule has 136 valence electrons. The smallest absolute Gasteiger partial charge is 0.120 e. The van der Waals surface area contributed by atoms with Gasteiger partial charge in [0.05, 0.1) is 23.3 Å².